The van der Waals surface area contributed by atoms with Crippen molar-refractivity contribution in [1.29, 1.82) is 0 Å². The predicted molar refractivity (Wildman–Crippen MR) is 121 cm³/mol. The summed E-state index contributed by atoms with van der Waals surface area (Å²) in [5, 5.41) is 2.95. The van der Waals surface area contributed by atoms with Gasteiger partial charge < -0.3 is 15.0 Å². The highest BCUT2D eigenvalue weighted by molar-refractivity contribution is 7.11. The van der Waals surface area contributed by atoms with E-state index in [-0.39, 0.29) is 17.9 Å². The Morgan fingerprint density at radius 2 is 1.81 bits per heavy atom. The Morgan fingerprint density at radius 1 is 1.06 bits per heavy atom. The first-order valence-corrected chi connectivity index (χ1v) is 11.3. The second-order valence-electron chi connectivity index (χ2n) is 7.49. The third-order valence-corrected chi connectivity index (χ3v) is 6.09. The van der Waals surface area contributed by atoms with Gasteiger partial charge in [0.25, 0.3) is 11.8 Å². The molecule has 1 aromatic heterocycles. The molecule has 0 radical (unpaired) electrons. The van der Waals surface area contributed by atoms with Crippen molar-refractivity contribution in [2.75, 3.05) is 19.6 Å². The van der Waals surface area contributed by atoms with Crippen LogP contribution >= 0.6 is 11.3 Å². The van der Waals surface area contributed by atoms with Crippen LogP contribution in [0.2, 0.25) is 0 Å². The van der Waals surface area contributed by atoms with Gasteiger partial charge in [-0.2, -0.15) is 0 Å². The second-order valence-corrected chi connectivity index (χ2v) is 8.38. The van der Waals surface area contributed by atoms with E-state index in [2.05, 4.69) is 22.4 Å². The molecule has 2 aromatic carbocycles. The number of carbonyl (C=O) groups excluding carboxylic acids is 2. The molecule has 160 valence electrons. The third-order valence-electron chi connectivity index (χ3n) is 5.33. The van der Waals surface area contributed by atoms with Crippen molar-refractivity contribution in [2.24, 2.45) is 0 Å². The number of amides is 2. The molecule has 1 fully saturated rings. The maximum absolute atomic E-state index is 12.4. The Kier molecular flexibility index (Phi) is 6.94. The van der Waals surface area contributed by atoms with Crippen molar-refractivity contribution in [1.82, 2.24) is 15.2 Å². The van der Waals surface area contributed by atoms with Gasteiger partial charge in [-0.1, -0.05) is 30.3 Å². The normalized spacial score (nSPS) is 14.3. The SMILES string of the molecule is O=C(NCCc1ccccc1)c1ccc(OC2CCN(C(=O)c3cncs3)CC2)cc1. The quantitative estimate of drug-likeness (QED) is 0.613. The number of carbonyl (C=O) groups is 2. The van der Waals surface area contributed by atoms with Crippen LogP contribution in [0.1, 0.15) is 38.4 Å². The summed E-state index contributed by atoms with van der Waals surface area (Å²) < 4.78 is 6.07. The smallest absolute Gasteiger partial charge is 0.265 e. The summed E-state index contributed by atoms with van der Waals surface area (Å²) in [7, 11) is 0. The summed E-state index contributed by atoms with van der Waals surface area (Å²) in [5.41, 5.74) is 3.49. The van der Waals surface area contributed by atoms with Crippen LogP contribution in [0.4, 0.5) is 0 Å². The molecule has 0 unspecified atom stereocenters. The van der Waals surface area contributed by atoms with E-state index in [0.717, 1.165) is 25.0 Å². The molecule has 0 atom stereocenters. The van der Waals surface area contributed by atoms with E-state index in [1.807, 2.05) is 35.2 Å². The van der Waals surface area contributed by atoms with Crippen LogP contribution in [0.3, 0.4) is 0 Å². The van der Waals surface area contributed by atoms with Gasteiger partial charge in [0.1, 0.15) is 16.7 Å². The number of piperidine rings is 1. The molecule has 1 saturated heterocycles. The zero-order valence-corrected chi connectivity index (χ0v) is 18.0. The monoisotopic (exact) mass is 435 g/mol. The largest absolute Gasteiger partial charge is 0.490 e. The van der Waals surface area contributed by atoms with E-state index in [4.69, 9.17) is 4.74 Å². The molecule has 0 saturated carbocycles. The minimum Gasteiger partial charge on any atom is -0.490 e. The maximum Gasteiger partial charge on any atom is 0.265 e. The van der Waals surface area contributed by atoms with Crippen molar-refractivity contribution in [3.8, 4) is 5.75 Å². The molecule has 2 heterocycles. The molecule has 7 heteroatoms. The number of hydrogen-bond acceptors (Lipinski definition) is 5. The summed E-state index contributed by atoms with van der Waals surface area (Å²) in [6.45, 7) is 1.94. The Bertz CT molecular complexity index is 983. The van der Waals surface area contributed by atoms with Gasteiger partial charge in [-0.05, 0) is 36.2 Å². The highest BCUT2D eigenvalue weighted by Crippen LogP contribution is 2.21. The van der Waals surface area contributed by atoms with Gasteiger partial charge in [-0.25, -0.2) is 0 Å². The van der Waals surface area contributed by atoms with Gasteiger partial charge in [0.2, 0.25) is 0 Å². The van der Waals surface area contributed by atoms with Crippen LogP contribution in [0.25, 0.3) is 0 Å². The lowest BCUT2D eigenvalue weighted by molar-refractivity contribution is 0.0600. The average Bonchev–Trinajstić information content (AvgIpc) is 3.35. The molecular formula is C24H25N3O3S. The lowest BCUT2D eigenvalue weighted by Crippen LogP contribution is -2.41. The van der Waals surface area contributed by atoms with Gasteiger partial charge in [0.05, 0.1) is 11.7 Å². The highest BCUT2D eigenvalue weighted by Gasteiger charge is 2.25. The van der Waals surface area contributed by atoms with Crippen molar-refractivity contribution >= 4 is 23.2 Å². The molecule has 2 amide bonds. The standard InChI is InChI=1S/C24H25N3O3S/c28-23(26-13-10-18-4-2-1-3-5-18)19-6-8-20(9-7-19)30-21-11-14-27(15-12-21)24(29)22-16-25-17-31-22/h1-9,16-17,21H,10-15H2,(H,26,28). The summed E-state index contributed by atoms with van der Waals surface area (Å²) in [4.78, 5) is 31.3. The fraction of sp³-hybridized carbons (Fsp3) is 0.292. The number of aromatic nitrogens is 1. The van der Waals surface area contributed by atoms with Crippen molar-refractivity contribution in [2.45, 2.75) is 25.4 Å². The van der Waals surface area contributed by atoms with Gasteiger partial charge in [0.15, 0.2) is 0 Å². The molecule has 31 heavy (non-hydrogen) atoms. The van der Waals surface area contributed by atoms with Crippen LogP contribution in [0.15, 0.2) is 66.3 Å². The lowest BCUT2D eigenvalue weighted by atomic mass is 10.1. The minimum absolute atomic E-state index is 0.0450. The van der Waals surface area contributed by atoms with Crippen molar-refractivity contribution in [3.05, 3.63) is 82.3 Å². The first-order chi connectivity index (χ1) is 15.2. The zero-order chi connectivity index (χ0) is 21.5. The topological polar surface area (TPSA) is 71.5 Å². The number of nitrogens with one attached hydrogen (secondary N) is 1. The molecule has 1 aliphatic rings. The lowest BCUT2D eigenvalue weighted by Gasteiger charge is -2.31. The number of benzene rings is 2. The Labute approximate surface area is 185 Å². The highest BCUT2D eigenvalue weighted by atomic mass is 32.1. The fourth-order valence-electron chi connectivity index (χ4n) is 3.60. The fourth-order valence-corrected chi connectivity index (χ4v) is 4.19. The molecule has 0 bridgehead atoms. The van der Waals surface area contributed by atoms with Gasteiger partial charge in [-0.3, -0.25) is 14.6 Å². The number of rotatable bonds is 7. The van der Waals surface area contributed by atoms with Crippen LogP contribution in [0.5, 0.6) is 5.75 Å². The van der Waals surface area contributed by atoms with Crippen LogP contribution in [-0.2, 0) is 6.42 Å². The molecule has 4 rings (SSSR count). The minimum atomic E-state index is -0.0858. The maximum atomic E-state index is 12.4. The van der Waals surface area contributed by atoms with E-state index in [9.17, 15) is 9.59 Å². The van der Waals surface area contributed by atoms with Crippen LogP contribution in [0, 0.1) is 0 Å². The summed E-state index contributed by atoms with van der Waals surface area (Å²) in [5.74, 6) is 0.703. The molecule has 3 aromatic rings. The van der Waals surface area contributed by atoms with Crippen LogP contribution < -0.4 is 10.1 Å². The van der Waals surface area contributed by atoms with Gasteiger partial charge >= 0.3 is 0 Å². The first kappa shape index (κ1) is 21.1. The molecule has 0 spiro atoms. The van der Waals surface area contributed by atoms with Crippen molar-refractivity contribution in [3.63, 3.8) is 0 Å². The number of hydrogen-bond donors (Lipinski definition) is 1. The second kappa shape index (κ2) is 10.2. The van der Waals surface area contributed by atoms with Crippen LogP contribution in [-0.4, -0.2) is 47.4 Å². The van der Waals surface area contributed by atoms with E-state index in [0.29, 0.717) is 30.1 Å². The zero-order valence-electron chi connectivity index (χ0n) is 17.2. The molecule has 1 N–H and O–H groups in total. The summed E-state index contributed by atoms with van der Waals surface area (Å²) >= 11 is 1.37. The van der Waals surface area contributed by atoms with E-state index >= 15 is 0 Å². The Hall–Kier alpha value is -3.19. The van der Waals surface area contributed by atoms with E-state index in [1.165, 1.54) is 16.9 Å². The third kappa shape index (κ3) is 5.70. The number of likely N-dealkylation sites (tertiary alicyclic amines) is 1. The summed E-state index contributed by atoms with van der Waals surface area (Å²) in [6.07, 6.45) is 4.06. The van der Waals surface area contributed by atoms with Gasteiger partial charge in [-0.15, -0.1) is 11.3 Å². The van der Waals surface area contributed by atoms with Crippen molar-refractivity contribution < 1.29 is 14.3 Å². The number of ether oxygens (including phenoxy) is 1. The van der Waals surface area contributed by atoms with E-state index in [1.54, 1.807) is 23.8 Å². The average molecular weight is 436 g/mol. The van der Waals surface area contributed by atoms with Gasteiger partial charge in [0, 0.05) is 38.0 Å². The first-order valence-electron chi connectivity index (χ1n) is 10.5. The Morgan fingerprint density at radius 3 is 2.48 bits per heavy atom. The molecule has 0 aliphatic carbocycles. The number of thiazole rings is 1. The predicted octanol–water partition coefficient (Wildman–Crippen LogP) is 3.80. The Balaban J connectivity index is 1.21. The summed E-state index contributed by atoms with van der Waals surface area (Å²) in [6, 6.07) is 17.3. The molecule has 6 nitrogen and oxygen atoms in total. The van der Waals surface area contributed by atoms with E-state index < -0.39 is 0 Å². The molecule has 1 aliphatic heterocycles. The molecular weight excluding hydrogens is 410 g/mol. The number of nitrogens with zero attached hydrogens (tertiary/aromatic N) is 2.